The maximum absolute atomic E-state index is 12.7. The van der Waals surface area contributed by atoms with Gasteiger partial charge in [0.2, 0.25) is 0 Å². The summed E-state index contributed by atoms with van der Waals surface area (Å²) in [5.41, 5.74) is 1.59. The van der Waals surface area contributed by atoms with Crippen molar-refractivity contribution in [1.82, 2.24) is 0 Å². The molecule has 1 amide bonds. The molecule has 0 aliphatic heterocycles. The predicted molar refractivity (Wildman–Crippen MR) is 123 cm³/mol. The number of hydrogen-bond donors (Lipinski definition) is 3. The van der Waals surface area contributed by atoms with E-state index >= 15 is 0 Å². The summed E-state index contributed by atoms with van der Waals surface area (Å²) >= 11 is 0. The molecule has 0 fully saturated rings. The predicted octanol–water partition coefficient (Wildman–Crippen LogP) is 3.52. The van der Waals surface area contributed by atoms with Crippen LogP contribution < -0.4 is 19.5 Å². The zero-order chi connectivity index (χ0) is 24.0. The van der Waals surface area contributed by atoms with Crippen molar-refractivity contribution in [1.29, 1.82) is 0 Å². The van der Waals surface area contributed by atoms with E-state index in [9.17, 15) is 18.0 Å². The van der Waals surface area contributed by atoms with Gasteiger partial charge < -0.3 is 19.9 Å². The first-order valence-corrected chi connectivity index (χ1v) is 11.2. The number of amides is 1. The van der Waals surface area contributed by atoms with Gasteiger partial charge in [0.25, 0.3) is 15.9 Å². The normalized spacial score (nSPS) is 10.8. The highest BCUT2D eigenvalue weighted by molar-refractivity contribution is 7.92. The van der Waals surface area contributed by atoms with E-state index in [1.807, 2.05) is 0 Å². The second-order valence-corrected chi connectivity index (χ2v) is 8.63. The van der Waals surface area contributed by atoms with Crippen LogP contribution in [0.3, 0.4) is 0 Å². The number of methoxy groups -OCH3 is 1. The number of carboxylic acid groups (broad SMARTS) is 1. The lowest BCUT2D eigenvalue weighted by Crippen LogP contribution is -2.15. The van der Waals surface area contributed by atoms with Gasteiger partial charge >= 0.3 is 5.97 Å². The molecular weight excluding hydrogens is 448 g/mol. The lowest BCUT2D eigenvalue weighted by molar-refractivity contribution is -0.139. The van der Waals surface area contributed by atoms with Crippen molar-refractivity contribution in [3.63, 3.8) is 0 Å². The van der Waals surface area contributed by atoms with Gasteiger partial charge in [-0.25, -0.2) is 13.2 Å². The summed E-state index contributed by atoms with van der Waals surface area (Å²) in [4.78, 5) is 23.1. The van der Waals surface area contributed by atoms with Crippen LogP contribution in [0, 0.1) is 6.92 Å². The number of aryl methyl sites for hydroxylation is 1. The Morgan fingerprint density at radius 1 is 0.970 bits per heavy atom. The molecule has 0 spiro atoms. The number of rotatable bonds is 9. The van der Waals surface area contributed by atoms with Gasteiger partial charge in [-0.1, -0.05) is 12.1 Å². The minimum absolute atomic E-state index is 0.0133. The largest absolute Gasteiger partial charge is 0.495 e. The molecule has 0 aromatic heterocycles. The van der Waals surface area contributed by atoms with E-state index < -0.39 is 22.6 Å². The maximum atomic E-state index is 12.7. The Hall–Kier alpha value is -4.05. The first kappa shape index (κ1) is 23.6. The lowest BCUT2D eigenvalue weighted by Gasteiger charge is -2.12. The molecule has 0 saturated heterocycles. The quantitative estimate of drug-likeness (QED) is 0.436. The van der Waals surface area contributed by atoms with E-state index in [0.29, 0.717) is 22.6 Å². The molecule has 0 atom stereocenters. The van der Waals surface area contributed by atoms with Crippen LogP contribution in [0.5, 0.6) is 11.5 Å². The van der Waals surface area contributed by atoms with E-state index in [1.165, 1.54) is 49.6 Å². The molecule has 0 unspecified atom stereocenters. The van der Waals surface area contributed by atoms with Gasteiger partial charge in [0.05, 0.1) is 17.7 Å². The van der Waals surface area contributed by atoms with Gasteiger partial charge in [0.1, 0.15) is 11.5 Å². The number of ether oxygens (including phenoxy) is 2. The van der Waals surface area contributed by atoms with E-state index in [-0.39, 0.29) is 22.2 Å². The zero-order valence-electron chi connectivity index (χ0n) is 17.9. The third-order valence-corrected chi connectivity index (χ3v) is 5.94. The van der Waals surface area contributed by atoms with E-state index in [0.717, 1.165) is 0 Å². The minimum atomic E-state index is -3.91. The number of carbonyl (C=O) groups is 2. The summed E-state index contributed by atoms with van der Waals surface area (Å²) in [6.07, 6.45) is 0. The summed E-state index contributed by atoms with van der Waals surface area (Å²) in [5, 5.41) is 11.5. The van der Waals surface area contributed by atoms with Crippen molar-refractivity contribution in [3.8, 4) is 11.5 Å². The average molecular weight is 471 g/mol. The maximum Gasteiger partial charge on any atom is 0.341 e. The summed E-state index contributed by atoms with van der Waals surface area (Å²) < 4.78 is 38.2. The van der Waals surface area contributed by atoms with E-state index in [1.54, 1.807) is 31.2 Å². The molecule has 0 heterocycles. The first-order chi connectivity index (χ1) is 15.7. The fourth-order valence-corrected chi connectivity index (χ4v) is 4.08. The summed E-state index contributed by atoms with van der Waals surface area (Å²) in [5.74, 6) is -0.707. The van der Waals surface area contributed by atoms with Crippen molar-refractivity contribution in [2.75, 3.05) is 23.8 Å². The van der Waals surface area contributed by atoms with Crippen molar-refractivity contribution in [2.45, 2.75) is 11.8 Å². The SMILES string of the molecule is COc1ccccc1NC(=O)c1ccc(NS(=O)(=O)c2ccc(OCC(=O)O)c(C)c2)cc1. The number of carbonyl (C=O) groups excluding carboxylic acids is 1. The minimum Gasteiger partial charge on any atom is -0.495 e. The van der Waals surface area contributed by atoms with Gasteiger partial charge in [0, 0.05) is 11.3 Å². The Morgan fingerprint density at radius 3 is 2.30 bits per heavy atom. The van der Waals surface area contributed by atoms with Gasteiger partial charge in [-0.2, -0.15) is 0 Å². The molecule has 0 saturated carbocycles. The third-order valence-electron chi connectivity index (χ3n) is 4.56. The topological polar surface area (TPSA) is 131 Å². The van der Waals surface area contributed by atoms with Crippen LogP contribution in [-0.2, 0) is 14.8 Å². The molecule has 3 rings (SSSR count). The third kappa shape index (κ3) is 6.01. The Labute approximate surface area is 191 Å². The van der Waals surface area contributed by atoms with Crippen molar-refractivity contribution < 1.29 is 32.6 Å². The molecule has 3 aromatic carbocycles. The van der Waals surface area contributed by atoms with Gasteiger partial charge in [-0.15, -0.1) is 0 Å². The molecule has 0 aliphatic rings. The Bertz CT molecular complexity index is 1270. The molecule has 33 heavy (non-hydrogen) atoms. The highest BCUT2D eigenvalue weighted by atomic mass is 32.2. The van der Waals surface area contributed by atoms with Crippen LogP contribution in [0.25, 0.3) is 0 Å². The number of carboxylic acids is 1. The summed E-state index contributed by atoms with van der Waals surface area (Å²) in [6, 6.07) is 17.0. The van der Waals surface area contributed by atoms with Crippen molar-refractivity contribution in [3.05, 3.63) is 77.9 Å². The first-order valence-electron chi connectivity index (χ1n) is 9.72. The second-order valence-electron chi connectivity index (χ2n) is 6.95. The fourth-order valence-electron chi connectivity index (χ4n) is 2.94. The number of benzene rings is 3. The molecule has 9 nitrogen and oxygen atoms in total. The van der Waals surface area contributed by atoms with Crippen LogP contribution >= 0.6 is 0 Å². The second kappa shape index (κ2) is 10.0. The van der Waals surface area contributed by atoms with Gasteiger partial charge in [-0.05, 0) is 67.1 Å². The Morgan fingerprint density at radius 2 is 1.67 bits per heavy atom. The van der Waals surface area contributed by atoms with Crippen LogP contribution in [0.4, 0.5) is 11.4 Å². The van der Waals surface area contributed by atoms with Gasteiger partial charge in [-0.3, -0.25) is 9.52 Å². The summed E-state index contributed by atoms with van der Waals surface area (Å²) in [6.45, 7) is 1.09. The molecule has 172 valence electrons. The highest BCUT2D eigenvalue weighted by Gasteiger charge is 2.17. The van der Waals surface area contributed by atoms with Crippen molar-refractivity contribution >= 4 is 33.3 Å². The van der Waals surface area contributed by atoms with Crippen LogP contribution in [0.1, 0.15) is 15.9 Å². The average Bonchev–Trinajstić information content (AvgIpc) is 2.78. The molecule has 3 N–H and O–H groups in total. The van der Waals surface area contributed by atoms with E-state index in [4.69, 9.17) is 14.6 Å². The molecule has 10 heteroatoms. The number of sulfonamides is 1. The zero-order valence-corrected chi connectivity index (χ0v) is 18.7. The van der Waals surface area contributed by atoms with Crippen molar-refractivity contribution in [2.24, 2.45) is 0 Å². The smallest absolute Gasteiger partial charge is 0.341 e. The standard InChI is InChI=1S/C23H22N2O7S/c1-15-13-18(11-12-20(15)32-14-22(26)27)33(29,30)25-17-9-7-16(8-10-17)23(28)24-19-5-3-4-6-21(19)31-2/h3-13,25H,14H2,1-2H3,(H,24,28)(H,26,27). The lowest BCUT2D eigenvalue weighted by atomic mass is 10.2. The number of aliphatic carboxylic acids is 1. The molecule has 0 bridgehead atoms. The van der Waals surface area contributed by atoms with Gasteiger partial charge in [0.15, 0.2) is 6.61 Å². The fraction of sp³-hybridized carbons (Fsp3) is 0.130. The van der Waals surface area contributed by atoms with Crippen LogP contribution in [-0.4, -0.2) is 39.1 Å². The molecule has 3 aromatic rings. The number of anilines is 2. The number of hydrogen-bond acceptors (Lipinski definition) is 6. The molecule has 0 aliphatic carbocycles. The Balaban J connectivity index is 1.70. The monoisotopic (exact) mass is 470 g/mol. The van der Waals surface area contributed by atoms with Crippen LogP contribution in [0.2, 0.25) is 0 Å². The molecular formula is C23H22N2O7S. The molecule has 0 radical (unpaired) electrons. The number of nitrogens with one attached hydrogen (secondary N) is 2. The van der Waals surface area contributed by atoms with Crippen LogP contribution in [0.15, 0.2) is 71.6 Å². The summed E-state index contributed by atoms with van der Waals surface area (Å²) in [7, 11) is -2.41. The Kier molecular flexibility index (Phi) is 7.19. The number of para-hydroxylation sites is 2. The van der Waals surface area contributed by atoms with E-state index in [2.05, 4.69) is 10.0 Å². The highest BCUT2D eigenvalue weighted by Crippen LogP contribution is 2.25.